The van der Waals surface area contributed by atoms with Gasteiger partial charge in [0.25, 0.3) is 0 Å². The van der Waals surface area contributed by atoms with Crippen LogP contribution in [0.2, 0.25) is 0 Å². The molecule has 0 aliphatic carbocycles. The van der Waals surface area contributed by atoms with Crippen molar-refractivity contribution in [3.05, 3.63) is 46.6 Å². The van der Waals surface area contributed by atoms with Crippen LogP contribution in [0.5, 0.6) is 0 Å². The van der Waals surface area contributed by atoms with Crippen LogP contribution in [0, 0.1) is 16.2 Å². The summed E-state index contributed by atoms with van der Waals surface area (Å²) >= 11 is 0. The Morgan fingerprint density at radius 2 is 1.11 bits per heavy atom. The number of nitrogens with one attached hydrogen (secondary N) is 1. The monoisotopic (exact) mass is 401 g/mol. The van der Waals surface area contributed by atoms with Gasteiger partial charge in [0, 0.05) is 22.5 Å². The first-order chi connectivity index (χ1) is 12.3. The molecule has 0 bridgehead atoms. The van der Waals surface area contributed by atoms with Gasteiger partial charge in [-0.15, -0.1) is 0 Å². The molecule has 1 N–H and O–H groups in total. The van der Waals surface area contributed by atoms with E-state index in [9.17, 15) is 17.3 Å². The predicted molar refractivity (Wildman–Crippen MR) is 108 cm³/mol. The van der Waals surface area contributed by atoms with Gasteiger partial charge in [-0.1, -0.05) is 62.3 Å². The van der Waals surface area contributed by atoms with Gasteiger partial charge >= 0.3 is 7.25 Å². The maximum absolute atomic E-state index is 9.75. The van der Waals surface area contributed by atoms with Crippen molar-refractivity contribution >= 4 is 13.5 Å². The van der Waals surface area contributed by atoms with Crippen LogP contribution < -0.4 is 4.99 Å². The minimum atomic E-state index is -6.00. The molecule has 0 fully saturated rings. The molecule has 0 aromatic rings. The van der Waals surface area contributed by atoms with Crippen LogP contribution >= 0.6 is 0 Å². The second kappa shape index (κ2) is 7.92. The molecule has 0 saturated heterocycles. The van der Waals surface area contributed by atoms with E-state index in [-0.39, 0.29) is 16.2 Å². The van der Waals surface area contributed by atoms with Gasteiger partial charge in [-0.25, -0.2) is 4.99 Å². The van der Waals surface area contributed by atoms with Gasteiger partial charge in [-0.2, -0.15) is 0 Å². The molecule has 2 aliphatic rings. The standard InChI is InChI=1S/C21H31NO.BF4/c1-19(2,3)15-12-16(22-13-15)14-10-17(20(4,5)6)23-18(11-14)21(7,8)9;2-1(3,4)5/h10-13H,1-9H3;/q;-1/p+1. The molecule has 0 amide bonds. The van der Waals surface area contributed by atoms with Gasteiger partial charge in [-0.3, -0.25) is 0 Å². The fourth-order valence-electron chi connectivity index (χ4n) is 2.39. The van der Waals surface area contributed by atoms with Gasteiger partial charge in [0.05, 0.1) is 5.57 Å². The Hall–Kier alpha value is -1.79. The van der Waals surface area contributed by atoms with Crippen molar-refractivity contribution in [2.75, 3.05) is 0 Å². The van der Waals surface area contributed by atoms with Crippen molar-refractivity contribution in [1.82, 2.24) is 0 Å². The van der Waals surface area contributed by atoms with Crippen molar-refractivity contribution in [2.24, 2.45) is 16.2 Å². The molecule has 0 aromatic heterocycles. The van der Waals surface area contributed by atoms with E-state index in [4.69, 9.17) is 4.74 Å². The Balaban J connectivity index is 0.000000696. The molecule has 0 aromatic carbocycles. The largest absolute Gasteiger partial charge is 0.673 e. The zero-order valence-corrected chi connectivity index (χ0v) is 18.3. The first-order valence-electron chi connectivity index (χ1n) is 9.34. The molecular weight excluding hydrogens is 369 g/mol. The third-order valence-electron chi connectivity index (χ3n) is 4.13. The highest BCUT2D eigenvalue weighted by Crippen LogP contribution is 2.39. The third-order valence-corrected chi connectivity index (χ3v) is 4.13. The number of hydrogen-bond acceptors (Lipinski definition) is 1. The molecule has 158 valence electrons. The van der Waals surface area contributed by atoms with E-state index in [0.29, 0.717) is 0 Å². The van der Waals surface area contributed by atoms with Crippen LogP contribution in [0.4, 0.5) is 17.3 Å². The highest BCUT2D eigenvalue weighted by molar-refractivity contribution is 6.50. The van der Waals surface area contributed by atoms with Gasteiger partial charge in [0.15, 0.2) is 6.21 Å². The van der Waals surface area contributed by atoms with Crippen molar-refractivity contribution < 1.29 is 27.0 Å². The van der Waals surface area contributed by atoms with E-state index in [1.807, 2.05) is 0 Å². The molecule has 0 unspecified atom stereocenters. The normalized spacial score (nSPS) is 18.1. The van der Waals surface area contributed by atoms with Crippen molar-refractivity contribution in [1.29, 1.82) is 0 Å². The predicted octanol–water partition coefficient (Wildman–Crippen LogP) is 5.57. The van der Waals surface area contributed by atoms with Crippen LogP contribution in [0.15, 0.2) is 46.6 Å². The number of hydrogen-bond donors (Lipinski definition) is 1. The first-order valence-corrected chi connectivity index (χ1v) is 9.34. The Morgan fingerprint density at radius 3 is 1.39 bits per heavy atom. The summed E-state index contributed by atoms with van der Waals surface area (Å²) in [5, 5.41) is 0. The lowest BCUT2D eigenvalue weighted by Crippen LogP contribution is -2.64. The van der Waals surface area contributed by atoms with Crippen molar-refractivity contribution in [3.8, 4) is 0 Å². The molecule has 2 nitrogen and oxygen atoms in total. The van der Waals surface area contributed by atoms with Crippen LogP contribution in [0.3, 0.4) is 0 Å². The maximum atomic E-state index is 9.75. The maximum Gasteiger partial charge on any atom is 0.673 e. The summed E-state index contributed by atoms with van der Waals surface area (Å²) < 4.78 is 45.2. The van der Waals surface area contributed by atoms with Crippen LogP contribution in [0.25, 0.3) is 0 Å². The number of ether oxygens (including phenoxy) is 1. The highest BCUT2D eigenvalue weighted by atomic mass is 19.5. The van der Waals surface area contributed by atoms with Gasteiger partial charge in [-0.05, 0) is 17.6 Å². The molecule has 2 heterocycles. The molecule has 28 heavy (non-hydrogen) atoms. The molecule has 0 atom stereocenters. The van der Waals surface area contributed by atoms with E-state index in [2.05, 4.69) is 91.7 Å². The second-order valence-corrected chi connectivity index (χ2v) is 10.1. The van der Waals surface area contributed by atoms with Gasteiger partial charge in [0.1, 0.15) is 11.5 Å². The highest BCUT2D eigenvalue weighted by Gasteiger charge is 2.31. The molecule has 0 radical (unpaired) electrons. The zero-order valence-electron chi connectivity index (χ0n) is 18.3. The van der Waals surface area contributed by atoms with E-state index >= 15 is 0 Å². The number of allylic oxidation sites excluding steroid dienone is 7. The van der Waals surface area contributed by atoms with Crippen LogP contribution in [0.1, 0.15) is 62.3 Å². The van der Waals surface area contributed by atoms with Gasteiger partial charge in [0.2, 0.25) is 5.70 Å². The Labute approximate surface area is 166 Å². The Bertz CT molecular complexity index is 711. The number of rotatable bonds is 0. The fraction of sp³-hybridized carbons (Fsp3) is 0.571. The van der Waals surface area contributed by atoms with Crippen LogP contribution in [-0.4, -0.2) is 13.5 Å². The number of halogens is 4. The summed E-state index contributed by atoms with van der Waals surface area (Å²) in [6, 6.07) is 0. The minimum absolute atomic E-state index is 0.0184. The Morgan fingerprint density at radius 1 is 0.714 bits per heavy atom. The Kier molecular flexibility index (Phi) is 6.86. The molecular formula is C21H32BF4NO. The lowest BCUT2D eigenvalue weighted by molar-refractivity contribution is -0.381. The summed E-state index contributed by atoms with van der Waals surface area (Å²) in [6.07, 6.45) is 8.72. The van der Waals surface area contributed by atoms with E-state index in [1.54, 1.807) is 0 Å². The summed E-state index contributed by atoms with van der Waals surface area (Å²) in [6.45, 7) is 19.9. The van der Waals surface area contributed by atoms with E-state index < -0.39 is 7.25 Å². The lowest BCUT2D eigenvalue weighted by atomic mass is 9.85. The SMILES string of the molecule is CC(C)(C)C1=CC(=C2C=C(C(C)(C)C)OC(C(C)(C)C)=C2)[NH+]=C1.F[B-](F)(F)F. The summed E-state index contributed by atoms with van der Waals surface area (Å²) in [7, 11) is -6.00. The zero-order chi connectivity index (χ0) is 22.1. The average molecular weight is 401 g/mol. The minimum Gasteiger partial charge on any atom is -0.465 e. The topological polar surface area (TPSA) is 23.2 Å². The molecule has 0 spiro atoms. The van der Waals surface area contributed by atoms with E-state index in [1.165, 1.54) is 11.1 Å². The molecule has 2 rings (SSSR count). The third kappa shape index (κ3) is 7.68. The summed E-state index contributed by atoms with van der Waals surface area (Å²) in [5.74, 6) is 2.04. The summed E-state index contributed by atoms with van der Waals surface area (Å²) in [5.41, 5.74) is 3.78. The smallest absolute Gasteiger partial charge is 0.465 e. The lowest BCUT2D eigenvalue weighted by Gasteiger charge is -2.32. The molecule has 2 aliphatic heterocycles. The molecule has 7 heteroatoms. The average Bonchev–Trinajstić information content (AvgIpc) is 2.93. The van der Waals surface area contributed by atoms with E-state index in [0.717, 1.165) is 17.2 Å². The van der Waals surface area contributed by atoms with Crippen molar-refractivity contribution in [2.45, 2.75) is 62.3 Å². The fourth-order valence-corrected chi connectivity index (χ4v) is 2.39. The molecule has 0 saturated carbocycles. The van der Waals surface area contributed by atoms with Crippen LogP contribution in [-0.2, 0) is 4.74 Å². The van der Waals surface area contributed by atoms with Gasteiger partial charge < -0.3 is 22.0 Å². The first kappa shape index (κ1) is 24.3. The van der Waals surface area contributed by atoms with Crippen molar-refractivity contribution in [3.63, 3.8) is 0 Å². The quantitative estimate of drug-likeness (QED) is 0.416. The summed E-state index contributed by atoms with van der Waals surface area (Å²) in [4.78, 5) is 3.44. The second-order valence-electron chi connectivity index (χ2n) is 10.1.